The Morgan fingerprint density at radius 1 is 1.15 bits per heavy atom. The third kappa shape index (κ3) is 1.87. The van der Waals surface area contributed by atoms with E-state index in [1.54, 1.807) is 11.3 Å². The molecule has 0 atom stereocenters. The highest BCUT2D eigenvalue weighted by Crippen LogP contribution is 2.36. The second-order valence-corrected chi connectivity index (χ2v) is 5.13. The molecule has 0 saturated carbocycles. The molecular weight excluding hydrogens is 312 g/mol. The van der Waals surface area contributed by atoms with E-state index in [-0.39, 0.29) is 0 Å². The van der Waals surface area contributed by atoms with Crippen LogP contribution in [0.5, 0.6) is 0 Å². The second kappa shape index (κ2) is 3.95. The van der Waals surface area contributed by atoms with Crippen molar-refractivity contribution in [3.63, 3.8) is 0 Å². The molecule has 0 bridgehead atoms. The lowest BCUT2D eigenvalue weighted by molar-refractivity contribution is 1.60. The van der Waals surface area contributed by atoms with Crippen molar-refractivity contribution in [3.05, 3.63) is 44.7 Å². The zero-order valence-electron chi connectivity index (χ0n) is 6.55. The first-order chi connectivity index (χ1) is 6.29. The first-order valence-electron chi connectivity index (χ1n) is 3.68. The van der Waals surface area contributed by atoms with Crippen molar-refractivity contribution in [1.82, 2.24) is 0 Å². The molecule has 1 heterocycles. The van der Waals surface area contributed by atoms with Gasteiger partial charge >= 0.3 is 0 Å². The number of rotatable bonds is 1. The van der Waals surface area contributed by atoms with Crippen LogP contribution in [0, 0.1) is 6.07 Å². The summed E-state index contributed by atoms with van der Waals surface area (Å²) in [5, 5.41) is 1.96. The summed E-state index contributed by atoms with van der Waals surface area (Å²) >= 11 is 8.75. The fourth-order valence-corrected chi connectivity index (χ4v) is 3.53. The van der Waals surface area contributed by atoms with E-state index >= 15 is 0 Å². The predicted octanol–water partition coefficient (Wildman–Crippen LogP) is 4.74. The predicted molar refractivity (Wildman–Crippen MR) is 64.0 cm³/mol. The molecule has 0 spiro atoms. The van der Waals surface area contributed by atoms with E-state index in [1.165, 1.54) is 10.4 Å². The SMILES string of the molecule is Brc1cccc(Br)c1-c1c[c]cs1. The van der Waals surface area contributed by atoms with Crippen molar-refractivity contribution in [2.75, 3.05) is 0 Å². The molecule has 0 aliphatic carbocycles. The standard InChI is InChI=1S/C10H5Br2S/c11-7-3-1-4-8(12)10(7)9-5-2-6-13-9/h1,3-6H. The summed E-state index contributed by atoms with van der Waals surface area (Å²) < 4.78 is 2.22. The van der Waals surface area contributed by atoms with E-state index in [4.69, 9.17) is 0 Å². The number of halogens is 2. The van der Waals surface area contributed by atoms with Gasteiger partial charge < -0.3 is 0 Å². The molecule has 0 fully saturated rings. The largest absolute Gasteiger partial charge is 0.143 e. The molecule has 0 nitrogen and oxygen atoms in total. The zero-order valence-corrected chi connectivity index (χ0v) is 10.5. The zero-order chi connectivity index (χ0) is 9.26. The van der Waals surface area contributed by atoms with Crippen LogP contribution in [0.1, 0.15) is 0 Å². The highest BCUT2D eigenvalue weighted by Gasteiger charge is 2.07. The van der Waals surface area contributed by atoms with E-state index < -0.39 is 0 Å². The van der Waals surface area contributed by atoms with Gasteiger partial charge in [0.25, 0.3) is 0 Å². The molecule has 2 rings (SSSR count). The van der Waals surface area contributed by atoms with E-state index in [0.29, 0.717) is 0 Å². The molecule has 0 N–H and O–H groups in total. The first-order valence-corrected chi connectivity index (χ1v) is 6.14. The third-order valence-electron chi connectivity index (χ3n) is 1.68. The highest BCUT2D eigenvalue weighted by atomic mass is 79.9. The molecular formula is C10H5Br2S. The van der Waals surface area contributed by atoms with Gasteiger partial charge in [-0.05, 0) is 29.6 Å². The van der Waals surface area contributed by atoms with Gasteiger partial charge in [0.2, 0.25) is 0 Å². The Hall–Kier alpha value is -0.120. The Labute approximate surface area is 97.9 Å². The maximum atomic E-state index is 3.53. The average molecular weight is 317 g/mol. The normalized spacial score (nSPS) is 10.3. The van der Waals surface area contributed by atoms with Crippen LogP contribution in [0.3, 0.4) is 0 Å². The van der Waals surface area contributed by atoms with E-state index in [0.717, 1.165) is 8.95 Å². The maximum Gasteiger partial charge on any atom is 0.0371 e. The van der Waals surface area contributed by atoms with Crippen LogP contribution in [-0.4, -0.2) is 0 Å². The van der Waals surface area contributed by atoms with Crippen LogP contribution in [0.2, 0.25) is 0 Å². The molecule has 13 heavy (non-hydrogen) atoms. The van der Waals surface area contributed by atoms with Gasteiger partial charge in [-0.1, -0.05) is 37.9 Å². The minimum atomic E-state index is 1.11. The Bertz CT molecular complexity index is 387. The quantitative estimate of drug-likeness (QED) is 0.713. The molecule has 65 valence electrons. The lowest BCUT2D eigenvalue weighted by atomic mass is 10.2. The van der Waals surface area contributed by atoms with Crippen LogP contribution >= 0.6 is 43.2 Å². The Morgan fingerprint density at radius 2 is 1.85 bits per heavy atom. The molecule has 1 aromatic carbocycles. The van der Waals surface area contributed by atoms with E-state index in [2.05, 4.69) is 37.9 Å². The van der Waals surface area contributed by atoms with Crippen LogP contribution in [0.4, 0.5) is 0 Å². The number of hydrogen-bond donors (Lipinski definition) is 0. The molecule has 3 heteroatoms. The molecule has 0 aliphatic heterocycles. The summed E-state index contributed by atoms with van der Waals surface area (Å²) in [6, 6.07) is 11.1. The lowest BCUT2D eigenvalue weighted by Crippen LogP contribution is -1.76. The Balaban J connectivity index is 2.64. The van der Waals surface area contributed by atoms with Gasteiger partial charge in [0.1, 0.15) is 0 Å². The van der Waals surface area contributed by atoms with Gasteiger partial charge in [0.05, 0.1) is 0 Å². The van der Waals surface area contributed by atoms with Crippen molar-refractivity contribution >= 4 is 43.2 Å². The molecule has 0 amide bonds. The summed E-state index contributed by atoms with van der Waals surface area (Å²) in [4.78, 5) is 1.22. The van der Waals surface area contributed by atoms with Gasteiger partial charge in [0.15, 0.2) is 0 Å². The first kappa shape index (κ1) is 9.44. The summed E-state index contributed by atoms with van der Waals surface area (Å²) in [5.41, 5.74) is 1.20. The third-order valence-corrected chi connectivity index (χ3v) is 3.83. The topological polar surface area (TPSA) is 0 Å². The summed E-state index contributed by atoms with van der Waals surface area (Å²) in [6.07, 6.45) is 0. The van der Waals surface area contributed by atoms with Crippen LogP contribution < -0.4 is 0 Å². The maximum absolute atomic E-state index is 3.53. The van der Waals surface area contributed by atoms with Crippen molar-refractivity contribution in [1.29, 1.82) is 0 Å². The van der Waals surface area contributed by atoms with Gasteiger partial charge in [-0.3, -0.25) is 0 Å². The van der Waals surface area contributed by atoms with Gasteiger partial charge in [-0.2, -0.15) is 0 Å². The van der Waals surface area contributed by atoms with Crippen LogP contribution in [0.15, 0.2) is 38.6 Å². The van der Waals surface area contributed by atoms with Crippen LogP contribution in [-0.2, 0) is 0 Å². The van der Waals surface area contributed by atoms with Crippen molar-refractivity contribution < 1.29 is 0 Å². The molecule has 2 aromatic rings. The molecule has 1 aromatic heterocycles. The van der Waals surface area contributed by atoms with E-state index in [1.807, 2.05) is 29.6 Å². The molecule has 0 unspecified atom stereocenters. The fourth-order valence-electron chi connectivity index (χ4n) is 1.11. The summed E-state index contributed by atoms with van der Waals surface area (Å²) in [7, 11) is 0. The van der Waals surface area contributed by atoms with Gasteiger partial charge in [0, 0.05) is 19.4 Å². The second-order valence-electron chi connectivity index (χ2n) is 2.51. The highest BCUT2D eigenvalue weighted by molar-refractivity contribution is 9.11. The summed E-state index contributed by atoms with van der Waals surface area (Å²) in [6.45, 7) is 0. The lowest BCUT2D eigenvalue weighted by Gasteiger charge is -2.03. The minimum Gasteiger partial charge on any atom is -0.143 e. The monoisotopic (exact) mass is 315 g/mol. The fraction of sp³-hybridized carbons (Fsp3) is 0. The van der Waals surface area contributed by atoms with Crippen molar-refractivity contribution in [2.45, 2.75) is 0 Å². The number of benzene rings is 1. The average Bonchev–Trinajstić information content (AvgIpc) is 2.57. The molecule has 0 aliphatic rings. The smallest absolute Gasteiger partial charge is 0.0371 e. The van der Waals surface area contributed by atoms with Gasteiger partial charge in [-0.25, -0.2) is 0 Å². The van der Waals surface area contributed by atoms with Crippen LogP contribution in [0.25, 0.3) is 10.4 Å². The molecule has 1 radical (unpaired) electrons. The van der Waals surface area contributed by atoms with Crippen molar-refractivity contribution in [3.8, 4) is 10.4 Å². The van der Waals surface area contributed by atoms with E-state index in [9.17, 15) is 0 Å². The number of thiophene rings is 1. The Kier molecular flexibility index (Phi) is 2.86. The van der Waals surface area contributed by atoms with Gasteiger partial charge in [-0.15, -0.1) is 11.3 Å². The minimum absolute atomic E-state index is 1.11. The molecule has 0 saturated heterocycles. The summed E-state index contributed by atoms with van der Waals surface area (Å²) in [5.74, 6) is 0. The Morgan fingerprint density at radius 3 is 2.38 bits per heavy atom. The number of hydrogen-bond acceptors (Lipinski definition) is 1. The van der Waals surface area contributed by atoms with Crippen molar-refractivity contribution in [2.24, 2.45) is 0 Å².